The van der Waals surface area contributed by atoms with Crippen molar-refractivity contribution in [3.05, 3.63) is 58.6 Å². The quantitative estimate of drug-likeness (QED) is 0.862. The molecule has 0 unspecified atom stereocenters. The van der Waals surface area contributed by atoms with Gasteiger partial charge in [-0.15, -0.1) is 0 Å². The van der Waals surface area contributed by atoms with Crippen LogP contribution in [0.3, 0.4) is 0 Å². The van der Waals surface area contributed by atoms with Gasteiger partial charge in [0.1, 0.15) is 12.4 Å². The Kier molecular flexibility index (Phi) is 3.81. The second kappa shape index (κ2) is 5.73. The van der Waals surface area contributed by atoms with Crippen molar-refractivity contribution in [1.82, 2.24) is 4.90 Å². The van der Waals surface area contributed by atoms with Gasteiger partial charge in [0.2, 0.25) is 0 Å². The molecule has 0 spiro atoms. The molecule has 1 heterocycles. The summed E-state index contributed by atoms with van der Waals surface area (Å²) in [6.45, 7) is 3.34. The van der Waals surface area contributed by atoms with Gasteiger partial charge in [0, 0.05) is 25.2 Å². The molecule has 1 aliphatic rings. The molecule has 1 aliphatic heterocycles. The molecule has 3 nitrogen and oxygen atoms in total. The Morgan fingerprint density at radius 3 is 2.90 bits per heavy atom. The van der Waals surface area contributed by atoms with Gasteiger partial charge in [0.05, 0.1) is 10.7 Å². The number of anilines is 1. The maximum atomic E-state index is 6.08. The van der Waals surface area contributed by atoms with E-state index in [-0.39, 0.29) is 0 Å². The van der Waals surface area contributed by atoms with Gasteiger partial charge in [-0.05, 0) is 23.8 Å². The molecular formula is C16H17ClN2O. The summed E-state index contributed by atoms with van der Waals surface area (Å²) in [7, 11) is 0. The normalized spacial score (nSPS) is 15.2. The van der Waals surface area contributed by atoms with E-state index in [9.17, 15) is 0 Å². The van der Waals surface area contributed by atoms with Crippen LogP contribution in [0.5, 0.6) is 5.75 Å². The molecule has 3 rings (SSSR count). The minimum absolute atomic E-state index is 0.619. The van der Waals surface area contributed by atoms with E-state index in [2.05, 4.69) is 11.0 Å². The summed E-state index contributed by atoms with van der Waals surface area (Å²) in [5.74, 6) is 0.991. The Hall–Kier alpha value is -1.71. The lowest BCUT2D eigenvalue weighted by molar-refractivity contribution is 0.219. The molecule has 0 amide bonds. The van der Waals surface area contributed by atoms with Gasteiger partial charge < -0.3 is 10.5 Å². The van der Waals surface area contributed by atoms with Crippen LogP contribution in [-0.4, -0.2) is 18.1 Å². The monoisotopic (exact) mass is 288 g/mol. The van der Waals surface area contributed by atoms with Gasteiger partial charge in [0.15, 0.2) is 0 Å². The third kappa shape index (κ3) is 2.89. The third-order valence-electron chi connectivity index (χ3n) is 3.50. The first-order chi connectivity index (χ1) is 9.72. The van der Waals surface area contributed by atoms with E-state index in [1.165, 1.54) is 11.1 Å². The molecule has 0 bridgehead atoms. The first-order valence-electron chi connectivity index (χ1n) is 6.69. The third-order valence-corrected chi connectivity index (χ3v) is 3.83. The van der Waals surface area contributed by atoms with Crippen molar-refractivity contribution in [3.63, 3.8) is 0 Å². The van der Waals surface area contributed by atoms with Gasteiger partial charge in [-0.3, -0.25) is 4.90 Å². The summed E-state index contributed by atoms with van der Waals surface area (Å²) in [5.41, 5.74) is 8.77. The average molecular weight is 289 g/mol. The fourth-order valence-corrected chi connectivity index (χ4v) is 2.65. The van der Waals surface area contributed by atoms with Crippen LogP contribution in [0.1, 0.15) is 11.1 Å². The molecule has 2 aromatic carbocycles. The first-order valence-corrected chi connectivity index (χ1v) is 7.07. The molecule has 0 fully saturated rings. The smallest absolute Gasteiger partial charge is 0.123 e. The second-order valence-corrected chi connectivity index (χ2v) is 5.43. The van der Waals surface area contributed by atoms with Crippen LogP contribution in [0.2, 0.25) is 5.02 Å². The second-order valence-electron chi connectivity index (χ2n) is 5.02. The molecule has 0 saturated carbocycles. The van der Waals surface area contributed by atoms with Gasteiger partial charge in [-0.2, -0.15) is 0 Å². The maximum absolute atomic E-state index is 6.08. The van der Waals surface area contributed by atoms with Crippen molar-refractivity contribution in [2.45, 2.75) is 13.1 Å². The number of nitrogens with two attached hydrogens (primary N) is 1. The molecule has 2 aromatic rings. The van der Waals surface area contributed by atoms with Gasteiger partial charge in [-0.25, -0.2) is 0 Å². The number of hydrogen-bond acceptors (Lipinski definition) is 3. The summed E-state index contributed by atoms with van der Waals surface area (Å²) in [6.07, 6.45) is 0. The number of nitrogens with zero attached hydrogens (tertiary/aromatic N) is 1. The molecule has 20 heavy (non-hydrogen) atoms. The standard InChI is InChI=1S/C16H17ClN2O/c17-14-9-12(5-6-15(14)18)10-19-7-8-20-16-4-2-1-3-13(16)11-19/h1-6,9H,7-8,10-11,18H2. The fraction of sp³-hybridized carbons (Fsp3) is 0.250. The minimum Gasteiger partial charge on any atom is -0.492 e. The van der Waals surface area contributed by atoms with E-state index in [0.717, 1.165) is 25.4 Å². The lowest BCUT2D eigenvalue weighted by Crippen LogP contribution is -2.25. The van der Waals surface area contributed by atoms with Gasteiger partial charge in [0.25, 0.3) is 0 Å². The van der Waals surface area contributed by atoms with Crippen LogP contribution in [0.25, 0.3) is 0 Å². The highest BCUT2D eigenvalue weighted by atomic mass is 35.5. The van der Waals surface area contributed by atoms with Crippen molar-refractivity contribution in [2.75, 3.05) is 18.9 Å². The molecule has 104 valence electrons. The van der Waals surface area contributed by atoms with Crippen molar-refractivity contribution in [1.29, 1.82) is 0 Å². The Bertz CT molecular complexity index is 615. The van der Waals surface area contributed by atoms with Crippen molar-refractivity contribution in [3.8, 4) is 5.75 Å². The summed E-state index contributed by atoms with van der Waals surface area (Å²) in [5, 5.41) is 0.619. The van der Waals surface area contributed by atoms with Gasteiger partial charge >= 0.3 is 0 Å². The molecular weight excluding hydrogens is 272 g/mol. The van der Waals surface area contributed by atoms with E-state index >= 15 is 0 Å². The van der Waals surface area contributed by atoms with Crippen LogP contribution in [-0.2, 0) is 13.1 Å². The molecule has 4 heteroatoms. The zero-order valence-corrected chi connectivity index (χ0v) is 11.9. The van der Waals surface area contributed by atoms with E-state index in [1.807, 2.05) is 36.4 Å². The summed E-state index contributed by atoms with van der Waals surface area (Å²) < 4.78 is 5.77. The van der Waals surface area contributed by atoms with E-state index in [4.69, 9.17) is 22.1 Å². The SMILES string of the molecule is Nc1ccc(CN2CCOc3ccccc3C2)cc1Cl. The number of para-hydroxylation sites is 1. The zero-order chi connectivity index (χ0) is 13.9. The van der Waals surface area contributed by atoms with Crippen molar-refractivity contribution >= 4 is 17.3 Å². The molecule has 0 aliphatic carbocycles. The Balaban J connectivity index is 1.76. The Morgan fingerprint density at radius 1 is 1.20 bits per heavy atom. The highest BCUT2D eigenvalue weighted by molar-refractivity contribution is 6.33. The number of nitrogen functional groups attached to an aromatic ring is 1. The lowest BCUT2D eigenvalue weighted by Gasteiger charge is -2.19. The van der Waals surface area contributed by atoms with E-state index in [1.54, 1.807) is 0 Å². The zero-order valence-electron chi connectivity index (χ0n) is 11.2. The number of benzene rings is 2. The number of rotatable bonds is 2. The molecule has 2 N–H and O–H groups in total. The van der Waals surface area contributed by atoms with Crippen molar-refractivity contribution < 1.29 is 4.74 Å². The summed E-state index contributed by atoms with van der Waals surface area (Å²) in [4.78, 5) is 2.35. The molecule has 0 atom stereocenters. The Labute approximate surface area is 123 Å². The first kappa shape index (κ1) is 13.3. The van der Waals surface area contributed by atoms with E-state index < -0.39 is 0 Å². The Morgan fingerprint density at radius 2 is 2.05 bits per heavy atom. The van der Waals surface area contributed by atoms with Gasteiger partial charge in [-0.1, -0.05) is 35.9 Å². The summed E-state index contributed by atoms with van der Waals surface area (Å²) in [6, 6.07) is 14.0. The predicted molar refractivity (Wildman–Crippen MR) is 81.9 cm³/mol. The number of ether oxygens (including phenoxy) is 1. The molecule has 0 radical (unpaired) electrons. The lowest BCUT2D eigenvalue weighted by atomic mass is 10.1. The van der Waals surface area contributed by atoms with Crippen LogP contribution in [0.4, 0.5) is 5.69 Å². The minimum atomic E-state index is 0.619. The van der Waals surface area contributed by atoms with Crippen LogP contribution < -0.4 is 10.5 Å². The number of fused-ring (bicyclic) bond motifs is 1. The topological polar surface area (TPSA) is 38.5 Å². The maximum Gasteiger partial charge on any atom is 0.123 e. The fourth-order valence-electron chi connectivity index (χ4n) is 2.44. The average Bonchev–Trinajstić information content (AvgIpc) is 2.64. The highest BCUT2D eigenvalue weighted by Gasteiger charge is 2.15. The van der Waals surface area contributed by atoms with Crippen LogP contribution in [0, 0.1) is 0 Å². The predicted octanol–water partition coefficient (Wildman–Crippen LogP) is 3.32. The number of halogens is 1. The van der Waals surface area contributed by atoms with Crippen LogP contribution in [0.15, 0.2) is 42.5 Å². The molecule has 0 aromatic heterocycles. The van der Waals surface area contributed by atoms with Crippen LogP contribution >= 0.6 is 11.6 Å². The number of hydrogen-bond donors (Lipinski definition) is 1. The summed E-state index contributed by atoms with van der Waals surface area (Å²) >= 11 is 6.08. The van der Waals surface area contributed by atoms with Crippen molar-refractivity contribution in [2.24, 2.45) is 0 Å². The molecule has 0 saturated heterocycles. The highest BCUT2D eigenvalue weighted by Crippen LogP contribution is 2.25. The largest absolute Gasteiger partial charge is 0.492 e. The van der Waals surface area contributed by atoms with E-state index in [0.29, 0.717) is 17.3 Å².